The van der Waals surface area contributed by atoms with Crippen LogP contribution in [-0.4, -0.2) is 0 Å². The van der Waals surface area contributed by atoms with Gasteiger partial charge >= 0.3 is 5.82 Å². The van der Waals surface area contributed by atoms with Crippen molar-refractivity contribution in [1.29, 1.82) is 0 Å². The summed E-state index contributed by atoms with van der Waals surface area (Å²) in [4.78, 5) is 2.84. The van der Waals surface area contributed by atoms with Crippen LogP contribution < -0.4 is 15.5 Å². The van der Waals surface area contributed by atoms with Crippen molar-refractivity contribution in [2.24, 2.45) is 0 Å². The van der Waals surface area contributed by atoms with Gasteiger partial charge in [0.2, 0.25) is 5.75 Å². The van der Waals surface area contributed by atoms with Gasteiger partial charge in [-0.1, -0.05) is 12.1 Å². The molecule has 16 heavy (non-hydrogen) atoms. The van der Waals surface area contributed by atoms with Crippen LogP contribution in [0.15, 0.2) is 42.6 Å². The number of H-pyrrole nitrogens is 1. The predicted octanol–water partition coefficient (Wildman–Crippen LogP) is 1.80. The van der Waals surface area contributed by atoms with E-state index >= 15 is 0 Å². The number of pyridine rings is 1. The van der Waals surface area contributed by atoms with E-state index in [1.807, 2.05) is 0 Å². The molecule has 2 aromatic rings. The molecule has 1 aromatic heterocycles. The van der Waals surface area contributed by atoms with E-state index in [1.54, 1.807) is 30.5 Å². The Labute approximate surface area is 92.7 Å². The smallest absolute Gasteiger partial charge is 0.313 e. The first-order valence-electron chi connectivity index (χ1n) is 4.89. The average Bonchev–Trinajstić information content (AvgIpc) is 2.30. The van der Waals surface area contributed by atoms with Crippen LogP contribution >= 0.6 is 0 Å². The highest BCUT2D eigenvalue weighted by molar-refractivity contribution is 5.39. The number of rotatable bonds is 3. The zero-order valence-electron chi connectivity index (χ0n) is 8.61. The molecule has 0 unspecified atom stereocenters. The topological polar surface area (TPSA) is 49.4 Å². The Bertz CT molecular complexity index is 471. The first kappa shape index (κ1) is 10.4. The highest BCUT2D eigenvalue weighted by Gasteiger charge is 2.04. The number of benzene rings is 1. The first-order chi connectivity index (χ1) is 7.75. The number of nitrogens with one attached hydrogen (secondary N) is 1. The summed E-state index contributed by atoms with van der Waals surface area (Å²) in [6, 6.07) is 9.74. The Morgan fingerprint density at radius 2 is 1.94 bits per heavy atom. The quantitative estimate of drug-likeness (QED) is 0.855. The van der Waals surface area contributed by atoms with E-state index < -0.39 is 0 Å². The van der Waals surface area contributed by atoms with Crippen LogP contribution in [0.2, 0.25) is 0 Å². The number of anilines is 1. The molecule has 0 spiro atoms. The second kappa shape index (κ2) is 4.61. The third-order valence-corrected chi connectivity index (χ3v) is 2.16. The molecule has 0 aliphatic heterocycles. The number of hydrogen-bond acceptors (Lipinski definition) is 2. The Morgan fingerprint density at radius 1 is 1.19 bits per heavy atom. The molecule has 4 heteroatoms. The second-order valence-electron chi connectivity index (χ2n) is 3.36. The van der Waals surface area contributed by atoms with Crippen molar-refractivity contribution in [2.45, 2.75) is 6.61 Å². The minimum atomic E-state index is -0.253. The summed E-state index contributed by atoms with van der Waals surface area (Å²) in [6.45, 7) is 0.363. The molecule has 0 fully saturated rings. The van der Waals surface area contributed by atoms with E-state index in [9.17, 15) is 4.39 Å². The molecule has 1 heterocycles. The molecule has 3 nitrogen and oxygen atoms in total. The largest absolute Gasteiger partial charge is 0.481 e. The van der Waals surface area contributed by atoms with Gasteiger partial charge in [-0.2, -0.15) is 0 Å². The van der Waals surface area contributed by atoms with Gasteiger partial charge in [-0.15, -0.1) is 0 Å². The summed E-state index contributed by atoms with van der Waals surface area (Å²) in [5.74, 6) is 0.813. The van der Waals surface area contributed by atoms with Crippen LogP contribution in [-0.2, 0) is 6.61 Å². The monoisotopic (exact) mass is 219 g/mol. The SMILES string of the molecule is Nc1[nH+]cccc1OCc1ccc(F)cc1. The molecule has 0 saturated heterocycles. The number of ether oxygens (including phenoxy) is 1. The molecule has 0 aliphatic carbocycles. The lowest BCUT2D eigenvalue weighted by molar-refractivity contribution is -0.361. The minimum Gasteiger partial charge on any atom is -0.481 e. The molecule has 0 radical (unpaired) electrons. The molecular formula is C12H12FN2O+. The fourth-order valence-electron chi connectivity index (χ4n) is 1.30. The zero-order valence-corrected chi connectivity index (χ0v) is 8.61. The fourth-order valence-corrected chi connectivity index (χ4v) is 1.30. The van der Waals surface area contributed by atoms with E-state index in [4.69, 9.17) is 10.5 Å². The number of nitrogens with two attached hydrogens (primary N) is 1. The van der Waals surface area contributed by atoms with Gasteiger partial charge < -0.3 is 4.74 Å². The molecule has 1 aromatic carbocycles. The number of aromatic amines is 1. The second-order valence-corrected chi connectivity index (χ2v) is 3.36. The molecule has 0 bridgehead atoms. The van der Waals surface area contributed by atoms with Gasteiger partial charge in [0.05, 0.1) is 6.20 Å². The van der Waals surface area contributed by atoms with Crippen LogP contribution in [0.5, 0.6) is 5.75 Å². The van der Waals surface area contributed by atoms with Crippen LogP contribution in [0.1, 0.15) is 5.56 Å². The van der Waals surface area contributed by atoms with E-state index in [2.05, 4.69) is 4.98 Å². The summed E-state index contributed by atoms with van der Waals surface area (Å²) in [5, 5.41) is 0. The van der Waals surface area contributed by atoms with Crippen molar-refractivity contribution in [1.82, 2.24) is 0 Å². The summed E-state index contributed by atoms with van der Waals surface area (Å²) in [5.41, 5.74) is 6.56. The lowest BCUT2D eigenvalue weighted by atomic mass is 10.2. The number of nitrogen functional groups attached to an aromatic ring is 1. The van der Waals surface area contributed by atoms with E-state index in [-0.39, 0.29) is 5.82 Å². The van der Waals surface area contributed by atoms with Gasteiger partial charge in [-0.3, -0.25) is 5.73 Å². The Kier molecular flexibility index (Phi) is 3.00. The molecule has 2 rings (SSSR count). The number of hydrogen-bond donors (Lipinski definition) is 1. The molecule has 0 amide bonds. The van der Waals surface area contributed by atoms with Crippen molar-refractivity contribution in [3.63, 3.8) is 0 Å². The van der Waals surface area contributed by atoms with E-state index in [1.165, 1.54) is 12.1 Å². The molecule has 0 atom stereocenters. The van der Waals surface area contributed by atoms with Crippen LogP contribution in [0.3, 0.4) is 0 Å². The lowest BCUT2D eigenvalue weighted by Gasteiger charge is -2.05. The Hall–Kier alpha value is -2.10. The first-order valence-corrected chi connectivity index (χ1v) is 4.89. The maximum absolute atomic E-state index is 12.6. The fraction of sp³-hybridized carbons (Fsp3) is 0.0833. The van der Waals surface area contributed by atoms with Gasteiger partial charge in [-0.05, 0) is 29.8 Å². The molecule has 0 aliphatic rings. The summed E-state index contributed by atoms with van der Waals surface area (Å²) in [7, 11) is 0. The van der Waals surface area contributed by atoms with Crippen LogP contribution in [0.25, 0.3) is 0 Å². The number of aromatic nitrogens is 1. The van der Waals surface area contributed by atoms with Crippen molar-refractivity contribution >= 4 is 5.82 Å². The summed E-state index contributed by atoms with van der Waals surface area (Å²) in [6.07, 6.45) is 1.72. The standard InChI is InChI=1S/C12H11FN2O/c13-10-5-3-9(4-6-10)8-16-11-2-1-7-15-12(11)14/h1-7H,8H2,(H2,14,15)/p+1. The lowest BCUT2D eigenvalue weighted by Crippen LogP contribution is -2.11. The van der Waals surface area contributed by atoms with E-state index in [0.29, 0.717) is 18.2 Å². The van der Waals surface area contributed by atoms with Gasteiger partial charge in [-0.25, -0.2) is 9.37 Å². The van der Waals surface area contributed by atoms with Crippen molar-refractivity contribution in [3.8, 4) is 5.75 Å². The van der Waals surface area contributed by atoms with E-state index in [0.717, 1.165) is 5.56 Å². The zero-order chi connectivity index (χ0) is 11.4. The third kappa shape index (κ3) is 2.48. The van der Waals surface area contributed by atoms with Crippen molar-refractivity contribution in [2.75, 3.05) is 5.73 Å². The highest BCUT2D eigenvalue weighted by Crippen LogP contribution is 2.16. The molecule has 82 valence electrons. The maximum Gasteiger partial charge on any atom is 0.313 e. The highest BCUT2D eigenvalue weighted by atomic mass is 19.1. The molecular weight excluding hydrogens is 207 g/mol. The summed E-state index contributed by atoms with van der Waals surface area (Å²) < 4.78 is 18.1. The Morgan fingerprint density at radius 3 is 2.62 bits per heavy atom. The Balaban J connectivity index is 2.02. The average molecular weight is 219 g/mol. The predicted molar refractivity (Wildman–Crippen MR) is 58.1 cm³/mol. The summed E-state index contributed by atoms with van der Waals surface area (Å²) >= 11 is 0. The minimum absolute atomic E-state index is 0.253. The molecule has 3 N–H and O–H groups in total. The number of halogens is 1. The van der Waals surface area contributed by atoms with Crippen LogP contribution in [0, 0.1) is 5.82 Å². The normalized spacial score (nSPS) is 10.1. The van der Waals surface area contributed by atoms with Crippen LogP contribution in [0.4, 0.5) is 10.2 Å². The van der Waals surface area contributed by atoms with Crippen molar-refractivity contribution < 1.29 is 14.1 Å². The van der Waals surface area contributed by atoms with Gasteiger partial charge in [0, 0.05) is 0 Å². The van der Waals surface area contributed by atoms with Gasteiger partial charge in [0.25, 0.3) is 0 Å². The van der Waals surface area contributed by atoms with Crippen molar-refractivity contribution in [3.05, 3.63) is 54.0 Å². The molecule has 0 saturated carbocycles. The van der Waals surface area contributed by atoms with Gasteiger partial charge in [0.1, 0.15) is 12.4 Å². The van der Waals surface area contributed by atoms with Gasteiger partial charge in [0.15, 0.2) is 0 Å². The maximum atomic E-state index is 12.6. The third-order valence-electron chi connectivity index (χ3n) is 2.16.